The molecule has 1 fully saturated rings. The Morgan fingerprint density at radius 2 is 1.55 bits per heavy atom. The summed E-state index contributed by atoms with van der Waals surface area (Å²) in [6, 6.07) is 18.4. The van der Waals surface area contributed by atoms with E-state index in [4.69, 9.17) is 0 Å². The fourth-order valence-electron chi connectivity index (χ4n) is 3.35. The third-order valence-electron chi connectivity index (χ3n) is 5.05. The molecule has 29 heavy (non-hydrogen) atoms. The lowest BCUT2D eigenvalue weighted by Crippen LogP contribution is -2.49. The molecule has 4 rings (SSSR count). The Labute approximate surface area is 177 Å². The van der Waals surface area contributed by atoms with Gasteiger partial charge in [0.15, 0.2) is 0 Å². The number of piperazine rings is 1. The fourth-order valence-corrected chi connectivity index (χ4v) is 3.62. The summed E-state index contributed by atoms with van der Waals surface area (Å²) in [5.74, 6) is 0.774. The molecule has 6 nitrogen and oxygen atoms in total. The number of hydrogen-bond donors (Lipinski definition) is 0. The highest BCUT2D eigenvalue weighted by atomic mass is 79.9. The van der Waals surface area contributed by atoms with Gasteiger partial charge < -0.3 is 9.80 Å². The molecule has 1 aliphatic rings. The van der Waals surface area contributed by atoms with Gasteiger partial charge in [-0.3, -0.25) is 9.59 Å². The van der Waals surface area contributed by atoms with Gasteiger partial charge in [0.25, 0.3) is 11.5 Å². The van der Waals surface area contributed by atoms with Gasteiger partial charge in [-0.25, -0.2) is 0 Å². The molecule has 148 valence electrons. The molecule has 1 aromatic heterocycles. The molecular weight excluding hydrogens is 432 g/mol. The maximum absolute atomic E-state index is 12.7. The van der Waals surface area contributed by atoms with Crippen LogP contribution in [0.15, 0.2) is 69.9 Å². The maximum atomic E-state index is 12.7. The summed E-state index contributed by atoms with van der Waals surface area (Å²) in [5, 5.41) is 4.56. The maximum Gasteiger partial charge on any atom is 0.271 e. The van der Waals surface area contributed by atoms with Gasteiger partial charge in [0.2, 0.25) is 0 Å². The minimum Gasteiger partial charge on any atom is -0.352 e. The SMILES string of the molecule is Cc1ccc(-n2nc(N3CCN(C(=O)c4ccc(Br)cc4)CC3)ccc2=O)cc1. The van der Waals surface area contributed by atoms with Crippen molar-refractivity contribution in [3.63, 3.8) is 0 Å². The molecule has 0 saturated carbocycles. The molecule has 7 heteroatoms. The summed E-state index contributed by atoms with van der Waals surface area (Å²) in [6.45, 7) is 4.56. The largest absolute Gasteiger partial charge is 0.352 e. The lowest BCUT2D eigenvalue weighted by molar-refractivity contribution is 0.0746. The van der Waals surface area contributed by atoms with Crippen molar-refractivity contribution < 1.29 is 4.79 Å². The highest BCUT2D eigenvalue weighted by Gasteiger charge is 2.23. The first kappa shape index (κ1) is 19.4. The number of nitrogens with zero attached hydrogens (tertiary/aromatic N) is 4. The number of hydrogen-bond acceptors (Lipinski definition) is 4. The van der Waals surface area contributed by atoms with E-state index in [1.54, 1.807) is 12.1 Å². The van der Waals surface area contributed by atoms with Crippen molar-refractivity contribution in [3.8, 4) is 5.69 Å². The Kier molecular flexibility index (Phi) is 5.49. The first-order chi connectivity index (χ1) is 14.0. The zero-order valence-corrected chi connectivity index (χ0v) is 17.7. The minimum atomic E-state index is -0.165. The molecule has 1 saturated heterocycles. The molecule has 0 spiro atoms. The van der Waals surface area contributed by atoms with E-state index in [-0.39, 0.29) is 11.5 Å². The van der Waals surface area contributed by atoms with Crippen LogP contribution < -0.4 is 10.5 Å². The molecular formula is C22H21BrN4O2. The highest BCUT2D eigenvalue weighted by molar-refractivity contribution is 9.10. The Bertz CT molecular complexity index is 1070. The monoisotopic (exact) mass is 452 g/mol. The van der Waals surface area contributed by atoms with Crippen molar-refractivity contribution in [2.45, 2.75) is 6.92 Å². The lowest BCUT2D eigenvalue weighted by Gasteiger charge is -2.35. The minimum absolute atomic E-state index is 0.0368. The van der Waals surface area contributed by atoms with Gasteiger partial charge in [0, 0.05) is 42.3 Å². The number of aromatic nitrogens is 2. The third kappa shape index (κ3) is 4.24. The highest BCUT2D eigenvalue weighted by Crippen LogP contribution is 2.17. The van der Waals surface area contributed by atoms with E-state index in [0.29, 0.717) is 31.7 Å². The van der Waals surface area contributed by atoms with Crippen molar-refractivity contribution in [3.05, 3.63) is 86.6 Å². The molecule has 2 aromatic carbocycles. The normalized spacial score (nSPS) is 14.1. The van der Waals surface area contributed by atoms with E-state index in [1.165, 1.54) is 4.68 Å². The zero-order valence-electron chi connectivity index (χ0n) is 16.1. The van der Waals surface area contributed by atoms with E-state index in [0.717, 1.165) is 21.5 Å². The predicted molar refractivity (Wildman–Crippen MR) is 117 cm³/mol. The topological polar surface area (TPSA) is 58.4 Å². The summed E-state index contributed by atoms with van der Waals surface area (Å²) in [6.07, 6.45) is 0. The molecule has 3 aromatic rings. The number of anilines is 1. The number of benzene rings is 2. The predicted octanol–water partition coefficient (Wildman–Crippen LogP) is 3.27. The molecule has 0 bridgehead atoms. The second kappa shape index (κ2) is 8.21. The Morgan fingerprint density at radius 1 is 0.897 bits per heavy atom. The molecule has 0 N–H and O–H groups in total. The van der Waals surface area contributed by atoms with Crippen LogP contribution in [-0.2, 0) is 0 Å². The average molecular weight is 453 g/mol. The van der Waals surface area contributed by atoms with Crippen LogP contribution in [0, 0.1) is 6.92 Å². The van der Waals surface area contributed by atoms with Crippen LogP contribution in [0.3, 0.4) is 0 Å². The standard InChI is InChI=1S/C22H21BrN4O2/c1-16-2-8-19(9-3-16)27-21(28)11-10-20(24-27)25-12-14-26(15-13-25)22(29)17-4-6-18(23)7-5-17/h2-11H,12-15H2,1H3. The number of halogens is 1. The third-order valence-corrected chi connectivity index (χ3v) is 5.58. The van der Waals surface area contributed by atoms with E-state index in [9.17, 15) is 9.59 Å². The van der Waals surface area contributed by atoms with E-state index >= 15 is 0 Å². The summed E-state index contributed by atoms with van der Waals surface area (Å²) >= 11 is 3.39. The average Bonchev–Trinajstić information content (AvgIpc) is 2.75. The Balaban J connectivity index is 1.48. The van der Waals surface area contributed by atoms with Gasteiger partial charge >= 0.3 is 0 Å². The molecule has 1 amide bonds. The van der Waals surface area contributed by atoms with Crippen LogP contribution in [0.2, 0.25) is 0 Å². The molecule has 0 aliphatic carbocycles. The van der Waals surface area contributed by atoms with Gasteiger partial charge in [-0.1, -0.05) is 33.6 Å². The van der Waals surface area contributed by atoms with Crippen LogP contribution in [0.25, 0.3) is 5.69 Å². The quantitative estimate of drug-likeness (QED) is 0.611. The fraction of sp³-hybridized carbons (Fsp3) is 0.227. The number of rotatable bonds is 3. The summed E-state index contributed by atoms with van der Waals surface area (Å²) in [5.41, 5.74) is 2.39. The van der Waals surface area contributed by atoms with E-state index in [2.05, 4.69) is 25.9 Å². The second-order valence-corrected chi connectivity index (χ2v) is 7.98. The number of carbonyl (C=O) groups is 1. The Hall–Kier alpha value is -2.93. The second-order valence-electron chi connectivity index (χ2n) is 7.06. The van der Waals surface area contributed by atoms with Crippen LogP contribution in [0.5, 0.6) is 0 Å². The summed E-state index contributed by atoms with van der Waals surface area (Å²) in [7, 11) is 0. The first-order valence-corrected chi connectivity index (χ1v) is 10.3. The number of aryl methyl sites for hydroxylation is 1. The molecule has 1 aliphatic heterocycles. The van der Waals surface area contributed by atoms with Crippen LogP contribution >= 0.6 is 15.9 Å². The molecule has 0 atom stereocenters. The van der Waals surface area contributed by atoms with Crippen LogP contribution in [0.4, 0.5) is 5.82 Å². The van der Waals surface area contributed by atoms with E-state index < -0.39 is 0 Å². The summed E-state index contributed by atoms with van der Waals surface area (Å²) < 4.78 is 2.38. The molecule has 2 heterocycles. The van der Waals surface area contributed by atoms with Crippen molar-refractivity contribution in [2.75, 3.05) is 31.1 Å². The van der Waals surface area contributed by atoms with Gasteiger partial charge in [0.1, 0.15) is 5.82 Å². The Morgan fingerprint density at radius 3 is 2.21 bits per heavy atom. The molecule has 0 unspecified atom stereocenters. The molecule has 0 radical (unpaired) electrons. The smallest absolute Gasteiger partial charge is 0.271 e. The van der Waals surface area contributed by atoms with E-state index in [1.807, 2.05) is 60.4 Å². The summed E-state index contributed by atoms with van der Waals surface area (Å²) in [4.78, 5) is 28.9. The van der Waals surface area contributed by atoms with Crippen molar-refractivity contribution in [1.29, 1.82) is 0 Å². The van der Waals surface area contributed by atoms with Crippen LogP contribution in [0.1, 0.15) is 15.9 Å². The van der Waals surface area contributed by atoms with Gasteiger partial charge in [-0.15, -0.1) is 5.10 Å². The number of carbonyl (C=O) groups excluding carboxylic acids is 1. The van der Waals surface area contributed by atoms with Crippen molar-refractivity contribution in [2.24, 2.45) is 0 Å². The van der Waals surface area contributed by atoms with Gasteiger partial charge in [0.05, 0.1) is 5.69 Å². The first-order valence-electron chi connectivity index (χ1n) is 9.48. The van der Waals surface area contributed by atoms with Crippen LogP contribution in [-0.4, -0.2) is 46.8 Å². The zero-order chi connectivity index (χ0) is 20.4. The lowest BCUT2D eigenvalue weighted by atomic mass is 10.2. The van der Waals surface area contributed by atoms with Gasteiger partial charge in [-0.2, -0.15) is 4.68 Å². The van der Waals surface area contributed by atoms with Crippen molar-refractivity contribution >= 4 is 27.7 Å². The van der Waals surface area contributed by atoms with Gasteiger partial charge in [-0.05, 0) is 49.4 Å². The van der Waals surface area contributed by atoms with Crippen molar-refractivity contribution in [1.82, 2.24) is 14.7 Å². The number of amides is 1.